The minimum absolute atomic E-state index is 0.0285. The number of benzene rings is 1. The Labute approximate surface area is 152 Å². The van der Waals surface area contributed by atoms with Crippen LogP contribution in [0.25, 0.3) is 0 Å². The molecule has 1 aromatic carbocycles. The van der Waals surface area contributed by atoms with Crippen molar-refractivity contribution in [3.8, 4) is 0 Å². The number of sulfonamides is 1. The highest BCUT2D eigenvalue weighted by atomic mass is 32.2. The molecular weight excluding hydrogens is 352 g/mol. The number of imidazole rings is 1. The Morgan fingerprint density at radius 3 is 2.85 bits per heavy atom. The lowest BCUT2D eigenvalue weighted by molar-refractivity contribution is -0.116. The third-order valence-electron chi connectivity index (χ3n) is 5.07. The number of fused-ring (bicyclic) bond motifs is 2. The summed E-state index contributed by atoms with van der Waals surface area (Å²) in [5.74, 6) is 0.628. The number of amides is 1. The molecule has 0 spiro atoms. The lowest BCUT2D eigenvalue weighted by Gasteiger charge is -2.15. The Morgan fingerprint density at radius 2 is 2.08 bits per heavy atom. The van der Waals surface area contributed by atoms with E-state index in [0.717, 1.165) is 48.3 Å². The molecule has 1 aliphatic heterocycles. The molecule has 0 radical (unpaired) electrons. The summed E-state index contributed by atoms with van der Waals surface area (Å²) >= 11 is 0. The van der Waals surface area contributed by atoms with E-state index in [1.807, 2.05) is 0 Å². The fourth-order valence-corrected chi connectivity index (χ4v) is 4.75. The normalized spacial score (nSPS) is 16.4. The number of hydrogen-bond donors (Lipinski definition) is 2. The van der Waals surface area contributed by atoms with Gasteiger partial charge in [-0.15, -0.1) is 0 Å². The van der Waals surface area contributed by atoms with Crippen molar-refractivity contribution in [2.75, 3.05) is 11.4 Å². The second kappa shape index (κ2) is 6.51. The maximum atomic E-state index is 12.6. The summed E-state index contributed by atoms with van der Waals surface area (Å²) in [6.07, 6.45) is 4.88. The molecule has 0 bridgehead atoms. The van der Waals surface area contributed by atoms with Crippen molar-refractivity contribution >= 4 is 21.6 Å². The van der Waals surface area contributed by atoms with Crippen LogP contribution in [0, 0.1) is 0 Å². The quantitative estimate of drug-likeness (QED) is 0.851. The largest absolute Gasteiger partial charge is 0.345 e. The van der Waals surface area contributed by atoms with Crippen LogP contribution in [0.3, 0.4) is 0 Å². The second-order valence-corrected chi connectivity index (χ2v) is 8.62. The molecule has 1 aromatic heterocycles. The van der Waals surface area contributed by atoms with Crippen molar-refractivity contribution in [1.82, 2.24) is 14.7 Å². The van der Waals surface area contributed by atoms with Crippen LogP contribution in [-0.4, -0.2) is 30.8 Å². The average Bonchev–Trinajstić information content (AvgIpc) is 3.23. The van der Waals surface area contributed by atoms with E-state index >= 15 is 0 Å². The summed E-state index contributed by atoms with van der Waals surface area (Å²) in [6, 6.07) is 4.92. The number of aromatic amines is 1. The fourth-order valence-electron chi connectivity index (χ4n) is 3.72. The van der Waals surface area contributed by atoms with Gasteiger partial charge in [-0.05, 0) is 55.9 Å². The van der Waals surface area contributed by atoms with Crippen molar-refractivity contribution in [2.24, 2.45) is 0 Å². The Hall–Kier alpha value is -2.19. The van der Waals surface area contributed by atoms with Crippen LogP contribution in [0.15, 0.2) is 23.1 Å². The van der Waals surface area contributed by atoms with E-state index in [4.69, 9.17) is 0 Å². The van der Waals surface area contributed by atoms with Crippen molar-refractivity contribution in [3.63, 3.8) is 0 Å². The zero-order valence-corrected chi connectivity index (χ0v) is 15.5. The molecule has 8 heteroatoms. The minimum atomic E-state index is -3.63. The molecule has 0 saturated carbocycles. The lowest BCUT2D eigenvalue weighted by Crippen LogP contribution is -2.26. The average molecular weight is 374 g/mol. The van der Waals surface area contributed by atoms with Crippen molar-refractivity contribution in [2.45, 2.75) is 50.5 Å². The first-order valence-corrected chi connectivity index (χ1v) is 10.4. The molecule has 138 valence electrons. The Kier molecular flexibility index (Phi) is 4.32. The molecule has 0 saturated heterocycles. The number of anilines is 1. The van der Waals surface area contributed by atoms with Crippen molar-refractivity contribution in [1.29, 1.82) is 0 Å². The summed E-state index contributed by atoms with van der Waals surface area (Å²) < 4.78 is 27.9. The van der Waals surface area contributed by atoms with Crippen LogP contribution in [0.4, 0.5) is 5.69 Å². The summed E-state index contributed by atoms with van der Waals surface area (Å²) in [4.78, 5) is 21.3. The fraction of sp³-hybridized carbons (Fsp3) is 0.444. The Balaban J connectivity index is 1.50. The molecule has 26 heavy (non-hydrogen) atoms. The predicted octanol–water partition coefficient (Wildman–Crippen LogP) is 1.68. The number of nitrogens with zero attached hydrogens (tertiary/aromatic N) is 2. The monoisotopic (exact) mass is 374 g/mol. The molecule has 4 rings (SSSR count). The molecule has 2 aromatic rings. The second-order valence-electron chi connectivity index (χ2n) is 6.85. The maximum absolute atomic E-state index is 12.6. The van der Waals surface area contributed by atoms with Crippen LogP contribution in [0.1, 0.15) is 42.5 Å². The van der Waals surface area contributed by atoms with Crippen LogP contribution in [0.5, 0.6) is 0 Å². The number of hydrogen-bond acceptors (Lipinski definition) is 4. The van der Waals surface area contributed by atoms with E-state index in [-0.39, 0.29) is 17.3 Å². The smallest absolute Gasteiger partial charge is 0.240 e. The van der Waals surface area contributed by atoms with E-state index in [0.29, 0.717) is 18.8 Å². The minimum Gasteiger partial charge on any atom is -0.345 e. The van der Waals surface area contributed by atoms with Gasteiger partial charge in [-0.3, -0.25) is 4.79 Å². The molecule has 1 amide bonds. The van der Waals surface area contributed by atoms with Gasteiger partial charge >= 0.3 is 0 Å². The molecule has 0 fully saturated rings. The van der Waals surface area contributed by atoms with Gasteiger partial charge in [-0.25, -0.2) is 18.1 Å². The predicted molar refractivity (Wildman–Crippen MR) is 97.4 cm³/mol. The third-order valence-corrected chi connectivity index (χ3v) is 6.47. The first kappa shape index (κ1) is 17.2. The van der Waals surface area contributed by atoms with E-state index in [2.05, 4.69) is 14.7 Å². The molecular formula is C18H22N4O3S. The molecule has 0 atom stereocenters. The highest BCUT2D eigenvalue weighted by Gasteiger charge is 2.25. The number of aromatic nitrogens is 2. The number of carbonyl (C=O) groups is 1. The van der Waals surface area contributed by atoms with Gasteiger partial charge in [0, 0.05) is 24.8 Å². The summed E-state index contributed by atoms with van der Waals surface area (Å²) in [5, 5.41) is 0. The van der Waals surface area contributed by atoms with E-state index in [1.165, 1.54) is 6.92 Å². The van der Waals surface area contributed by atoms with Crippen LogP contribution in [-0.2, 0) is 40.6 Å². The molecule has 0 unspecified atom stereocenters. The van der Waals surface area contributed by atoms with Crippen LogP contribution < -0.4 is 9.62 Å². The maximum Gasteiger partial charge on any atom is 0.240 e. The summed E-state index contributed by atoms with van der Waals surface area (Å²) in [7, 11) is -3.63. The van der Waals surface area contributed by atoms with Gasteiger partial charge in [0.1, 0.15) is 5.82 Å². The van der Waals surface area contributed by atoms with Crippen LogP contribution in [0.2, 0.25) is 0 Å². The van der Waals surface area contributed by atoms with Gasteiger partial charge in [-0.2, -0.15) is 0 Å². The standard InChI is InChI=1S/C18H22N4O3S/c1-12(23)22-9-8-13-10-14(6-7-17(13)22)26(24,25)19-11-18-20-15-4-2-3-5-16(15)21-18/h6-7,10,19H,2-5,8-9,11H2,1H3,(H,20,21). The number of carbonyl (C=O) groups excluding carboxylic acids is 1. The van der Waals surface area contributed by atoms with Crippen molar-refractivity contribution < 1.29 is 13.2 Å². The van der Waals surface area contributed by atoms with Crippen LogP contribution >= 0.6 is 0 Å². The third kappa shape index (κ3) is 3.14. The number of rotatable bonds is 4. The van der Waals surface area contributed by atoms with E-state index in [1.54, 1.807) is 23.1 Å². The van der Waals surface area contributed by atoms with Gasteiger partial charge in [0.2, 0.25) is 15.9 Å². The summed E-state index contributed by atoms with van der Waals surface area (Å²) in [5.41, 5.74) is 3.88. The molecule has 2 heterocycles. The zero-order chi connectivity index (χ0) is 18.3. The van der Waals surface area contributed by atoms with E-state index in [9.17, 15) is 13.2 Å². The molecule has 2 N–H and O–H groups in total. The van der Waals surface area contributed by atoms with Gasteiger partial charge in [0.05, 0.1) is 17.1 Å². The Bertz CT molecular complexity index is 941. The molecule has 1 aliphatic carbocycles. The van der Waals surface area contributed by atoms with Gasteiger partial charge in [0.25, 0.3) is 0 Å². The first-order chi connectivity index (χ1) is 12.4. The number of aryl methyl sites for hydroxylation is 2. The highest BCUT2D eigenvalue weighted by molar-refractivity contribution is 7.89. The Morgan fingerprint density at radius 1 is 1.27 bits per heavy atom. The molecule has 2 aliphatic rings. The SMILES string of the molecule is CC(=O)N1CCc2cc(S(=O)(=O)NCc3nc4c([nH]3)CCCC4)ccc21. The van der Waals surface area contributed by atoms with Crippen molar-refractivity contribution in [3.05, 3.63) is 41.0 Å². The molecule has 7 nitrogen and oxygen atoms in total. The number of nitrogens with one attached hydrogen (secondary N) is 2. The van der Waals surface area contributed by atoms with E-state index < -0.39 is 10.0 Å². The zero-order valence-electron chi connectivity index (χ0n) is 14.7. The summed E-state index contributed by atoms with van der Waals surface area (Å²) in [6.45, 7) is 2.26. The van der Waals surface area contributed by atoms with Gasteiger partial charge < -0.3 is 9.88 Å². The topological polar surface area (TPSA) is 95.2 Å². The number of H-pyrrole nitrogens is 1. The lowest BCUT2D eigenvalue weighted by atomic mass is 10.0. The van der Waals surface area contributed by atoms with Gasteiger partial charge in [0.15, 0.2) is 0 Å². The van der Waals surface area contributed by atoms with Gasteiger partial charge in [-0.1, -0.05) is 0 Å². The first-order valence-electron chi connectivity index (χ1n) is 8.91. The highest BCUT2D eigenvalue weighted by Crippen LogP contribution is 2.30.